The molecule has 0 aliphatic carbocycles. The van der Waals surface area contributed by atoms with E-state index in [-0.39, 0.29) is 23.7 Å². The van der Waals surface area contributed by atoms with Gasteiger partial charge < -0.3 is 14.2 Å². The number of hydrogen-bond acceptors (Lipinski definition) is 6. The summed E-state index contributed by atoms with van der Waals surface area (Å²) in [6.45, 7) is 1.94. The molecule has 2 rings (SSSR count). The molecule has 0 N–H and O–H groups in total. The molecule has 0 aliphatic heterocycles. The van der Waals surface area contributed by atoms with Crippen molar-refractivity contribution in [1.82, 2.24) is 0 Å². The van der Waals surface area contributed by atoms with Crippen molar-refractivity contribution in [2.75, 3.05) is 14.2 Å². The zero-order valence-electron chi connectivity index (χ0n) is 13.6. The largest absolute Gasteiger partial charge is 0.493 e. The highest BCUT2D eigenvalue weighted by atomic mass is 16.6. The van der Waals surface area contributed by atoms with Gasteiger partial charge in [0.1, 0.15) is 12.2 Å². The van der Waals surface area contributed by atoms with Crippen LogP contribution in [0.15, 0.2) is 36.4 Å². The summed E-state index contributed by atoms with van der Waals surface area (Å²) >= 11 is 0. The van der Waals surface area contributed by atoms with Crippen LogP contribution >= 0.6 is 0 Å². The van der Waals surface area contributed by atoms with Crippen LogP contribution in [0.25, 0.3) is 0 Å². The lowest BCUT2D eigenvalue weighted by Crippen LogP contribution is -2.09. The van der Waals surface area contributed by atoms with Crippen LogP contribution in [0.3, 0.4) is 0 Å². The number of nitrogens with zero attached hydrogens (tertiary/aromatic N) is 1. The maximum Gasteiger partial charge on any atom is 0.345 e. The molecule has 0 saturated carbocycles. The van der Waals surface area contributed by atoms with E-state index >= 15 is 0 Å². The summed E-state index contributed by atoms with van der Waals surface area (Å²) in [6.07, 6.45) is 0. The molecule has 2 aromatic carbocycles. The molecule has 0 saturated heterocycles. The fourth-order valence-electron chi connectivity index (χ4n) is 2.21. The molecule has 126 valence electrons. The van der Waals surface area contributed by atoms with Gasteiger partial charge >= 0.3 is 5.97 Å². The highest BCUT2D eigenvalue weighted by Crippen LogP contribution is 2.34. The Morgan fingerprint density at radius 1 is 1.12 bits per heavy atom. The van der Waals surface area contributed by atoms with Gasteiger partial charge in [-0.25, -0.2) is 4.79 Å². The molecule has 0 aromatic heterocycles. The SMILES string of the molecule is COc1cc(C(=O)OCc2cccc(C)c2)c([N+](=O)[O-])cc1OC. The Morgan fingerprint density at radius 3 is 2.38 bits per heavy atom. The van der Waals surface area contributed by atoms with E-state index in [1.807, 2.05) is 31.2 Å². The number of benzene rings is 2. The van der Waals surface area contributed by atoms with E-state index in [0.717, 1.165) is 17.2 Å². The molecular weight excluding hydrogens is 314 g/mol. The third-order valence-electron chi connectivity index (χ3n) is 3.37. The number of esters is 1. The first-order chi connectivity index (χ1) is 11.5. The average Bonchev–Trinajstić information content (AvgIpc) is 2.58. The third kappa shape index (κ3) is 3.81. The summed E-state index contributed by atoms with van der Waals surface area (Å²) in [6, 6.07) is 9.83. The average molecular weight is 331 g/mol. The van der Waals surface area contributed by atoms with Gasteiger partial charge in [0, 0.05) is 6.07 Å². The van der Waals surface area contributed by atoms with Crippen molar-refractivity contribution in [3.05, 3.63) is 63.2 Å². The van der Waals surface area contributed by atoms with Gasteiger partial charge in [0.25, 0.3) is 5.69 Å². The highest BCUT2D eigenvalue weighted by Gasteiger charge is 2.25. The quantitative estimate of drug-likeness (QED) is 0.458. The van der Waals surface area contributed by atoms with Crippen molar-refractivity contribution in [3.63, 3.8) is 0 Å². The van der Waals surface area contributed by atoms with Gasteiger partial charge in [-0.05, 0) is 12.5 Å². The monoisotopic (exact) mass is 331 g/mol. The van der Waals surface area contributed by atoms with Crippen LogP contribution in [-0.2, 0) is 11.3 Å². The van der Waals surface area contributed by atoms with E-state index in [9.17, 15) is 14.9 Å². The van der Waals surface area contributed by atoms with E-state index in [4.69, 9.17) is 14.2 Å². The summed E-state index contributed by atoms with van der Waals surface area (Å²) in [5.74, 6) is -0.422. The van der Waals surface area contributed by atoms with Crippen LogP contribution in [0, 0.1) is 17.0 Å². The Balaban J connectivity index is 2.28. The Kier molecular flexibility index (Phi) is 5.36. The maximum absolute atomic E-state index is 12.3. The van der Waals surface area contributed by atoms with Crippen molar-refractivity contribution in [2.24, 2.45) is 0 Å². The van der Waals surface area contributed by atoms with Crippen molar-refractivity contribution in [3.8, 4) is 11.5 Å². The fraction of sp³-hybridized carbons (Fsp3) is 0.235. The van der Waals surface area contributed by atoms with Gasteiger partial charge in [0.05, 0.1) is 25.2 Å². The minimum absolute atomic E-state index is 0.0199. The molecule has 0 fully saturated rings. The Bertz CT molecular complexity index is 772. The topological polar surface area (TPSA) is 87.9 Å². The summed E-state index contributed by atoms with van der Waals surface area (Å²) in [5, 5.41) is 11.2. The minimum atomic E-state index is -0.802. The van der Waals surface area contributed by atoms with Gasteiger partial charge in [-0.1, -0.05) is 29.8 Å². The second-order valence-corrected chi connectivity index (χ2v) is 5.05. The molecule has 24 heavy (non-hydrogen) atoms. The molecule has 7 nitrogen and oxygen atoms in total. The van der Waals surface area contributed by atoms with Gasteiger partial charge in [-0.3, -0.25) is 10.1 Å². The summed E-state index contributed by atoms with van der Waals surface area (Å²) in [5.41, 5.74) is 1.24. The van der Waals surface area contributed by atoms with Crippen LogP contribution in [0.4, 0.5) is 5.69 Å². The first-order valence-corrected chi connectivity index (χ1v) is 7.09. The van der Waals surface area contributed by atoms with E-state index in [1.54, 1.807) is 0 Å². The van der Waals surface area contributed by atoms with Crippen molar-refractivity contribution < 1.29 is 23.9 Å². The van der Waals surface area contributed by atoms with Crippen LogP contribution in [0.5, 0.6) is 11.5 Å². The van der Waals surface area contributed by atoms with Gasteiger partial charge in [-0.15, -0.1) is 0 Å². The molecule has 7 heteroatoms. The number of aryl methyl sites for hydroxylation is 1. The predicted octanol–water partition coefficient (Wildman–Crippen LogP) is 3.28. The standard InChI is InChI=1S/C17H17NO6/c1-11-5-4-6-12(7-11)10-24-17(19)13-8-15(22-2)16(23-3)9-14(13)18(20)21/h4-9H,10H2,1-3H3. The van der Waals surface area contributed by atoms with E-state index in [1.165, 1.54) is 20.3 Å². The highest BCUT2D eigenvalue weighted by molar-refractivity contribution is 5.95. The van der Waals surface area contributed by atoms with Gasteiger partial charge in [0.2, 0.25) is 0 Å². The summed E-state index contributed by atoms with van der Waals surface area (Å²) in [4.78, 5) is 22.8. The van der Waals surface area contributed by atoms with Crippen LogP contribution in [-0.4, -0.2) is 25.1 Å². The second-order valence-electron chi connectivity index (χ2n) is 5.05. The van der Waals surface area contributed by atoms with E-state index < -0.39 is 16.6 Å². The normalized spacial score (nSPS) is 10.1. The lowest BCUT2D eigenvalue weighted by Gasteiger charge is -2.10. The van der Waals surface area contributed by atoms with E-state index in [0.29, 0.717) is 0 Å². The molecular formula is C17H17NO6. The number of nitro benzene ring substituents is 1. The van der Waals surface area contributed by atoms with E-state index in [2.05, 4.69) is 0 Å². The third-order valence-corrected chi connectivity index (χ3v) is 3.37. The molecule has 0 aliphatic rings. The molecule has 0 unspecified atom stereocenters. The van der Waals surface area contributed by atoms with Crippen LogP contribution < -0.4 is 9.47 Å². The zero-order chi connectivity index (χ0) is 17.7. The molecule has 0 bridgehead atoms. The lowest BCUT2D eigenvalue weighted by atomic mass is 10.1. The summed E-state index contributed by atoms with van der Waals surface area (Å²) < 4.78 is 15.3. The number of hydrogen-bond donors (Lipinski definition) is 0. The summed E-state index contributed by atoms with van der Waals surface area (Å²) in [7, 11) is 2.74. The molecule has 0 radical (unpaired) electrons. The molecule has 0 spiro atoms. The number of carbonyl (C=O) groups is 1. The first-order valence-electron chi connectivity index (χ1n) is 7.09. The lowest BCUT2D eigenvalue weighted by molar-refractivity contribution is -0.385. The molecule has 0 atom stereocenters. The Labute approximate surface area is 138 Å². The minimum Gasteiger partial charge on any atom is -0.493 e. The maximum atomic E-state index is 12.3. The Hall–Kier alpha value is -3.09. The van der Waals surface area contributed by atoms with Crippen LogP contribution in [0.2, 0.25) is 0 Å². The Morgan fingerprint density at radius 2 is 1.79 bits per heavy atom. The fourth-order valence-corrected chi connectivity index (χ4v) is 2.21. The number of methoxy groups -OCH3 is 2. The van der Waals surface area contributed by atoms with Crippen molar-refractivity contribution >= 4 is 11.7 Å². The van der Waals surface area contributed by atoms with Crippen molar-refractivity contribution in [2.45, 2.75) is 13.5 Å². The number of carbonyl (C=O) groups excluding carboxylic acids is 1. The smallest absolute Gasteiger partial charge is 0.345 e. The number of ether oxygens (including phenoxy) is 3. The van der Waals surface area contributed by atoms with Gasteiger partial charge in [-0.2, -0.15) is 0 Å². The second kappa shape index (κ2) is 7.45. The predicted molar refractivity (Wildman–Crippen MR) is 86.5 cm³/mol. The van der Waals surface area contributed by atoms with Crippen molar-refractivity contribution in [1.29, 1.82) is 0 Å². The van der Waals surface area contributed by atoms with Crippen LogP contribution in [0.1, 0.15) is 21.5 Å². The van der Waals surface area contributed by atoms with Gasteiger partial charge in [0.15, 0.2) is 11.5 Å². The molecule has 0 heterocycles. The first kappa shape index (κ1) is 17.3. The number of nitro groups is 1. The zero-order valence-corrected chi connectivity index (χ0v) is 13.6. The molecule has 2 aromatic rings. The number of rotatable bonds is 6. The molecule has 0 amide bonds.